The number of rotatable bonds is 2. The molecule has 2 rings (SSSR count). The number of benzene rings is 1. The maximum atomic E-state index is 3.54. The van der Waals surface area contributed by atoms with Crippen molar-refractivity contribution >= 4 is 10.8 Å². The van der Waals surface area contributed by atoms with Crippen molar-refractivity contribution in [1.29, 1.82) is 0 Å². The highest BCUT2D eigenvalue weighted by molar-refractivity contribution is 5.88. The quantitative estimate of drug-likeness (QED) is 0.735. The van der Waals surface area contributed by atoms with Gasteiger partial charge in [-0.3, -0.25) is 0 Å². The minimum absolute atomic E-state index is 0.570. The third kappa shape index (κ3) is 1.33. The zero-order valence-electron chi connectivity index (χ0n) is 9.09. The van der Waals surface area contributed by atoms with Gasteiger partial charge in [0.2, 0.25) is 0 Å². The number of hydrogen-bond acceptors (Lipinski definition) is 0. The molecule has 0 saturated heterocycles. The fourth-order valence-corrected chi connectivity index (χ4v) is 2.01. The van der Waals surface area contributed by atoms with E-state index in [1.165, 1.54) is 22.2 Å². The molecule has 1 heteroatoms. The molecule has 0 aliphatic heterocycles. The summed E-state index contributed by atoms with van der Waals surface area (Å²) in [7, 11) is 0. The number of aryl methyl sites for hydroxylation is 1. The molecule has 0 aliphatic carbocycles. The van der Waals surface area contributed by atoms with Crippen molar-refractivity contribution in [3.8, 4) is 0 Å². The van der Waals surface area contributed by atoms with Gasteiger partial charge in [0.15, 0.2) is 0 Å². The number of H-pyrrole nitrogens is 1. The Labute approximate surface area is 85.1 Å². The Morgan fingerprint density at radius 2 is 1.79 bits per heavy atom. The Hall–Kier alpha value is -1.24. The summed E-state index contributed by atoms with van der Waals surface area (Å²) in [6.45, 7) is 6.66. The maximum absolute atomic E-state index is 3.54. The van der Waals surface area contributed by atoms with Gasteiger partial charge in [0.05, 0.1) is 0 Å². The molecule has 0 fully saturated rings. The predicted octanol–water partition coefficient (Wildman–Crippen LogP) is 3.85. The summed E-state index contributed by atoms with van der Waals surface area (Å²) >= 11 is 0. The Balaban J connectivity index is 2.73. The van der Waals surface area contributed by atoms with E-state index in [1.54, 1.807) is 0 Å². The molecule has 1 heterocycles. The smallest absolute Gasteiger partial charge is 0.0255 e. The molecule has 1 aromatic carbocycles. The Morgan fingerprint density at radius 3 is 2.36 bits per heavy atom. The molecule has 0 unspecified atom stereocenters. The standard InChI is InChI=1S/C13H17N/c1-4-12-10-7-5-6-8-11(10)13(14-12)9(2)3/h5-9,14H,4H2,1-3H3. The summed E-state index contributed by atoms with van der Waals surface area (Å²) < 4.78 is 0. The molecule has 1 N–H and O–H groups in total. The van der Waals surface area contributed by atoms with Crippen molar-refractivity contribution in [2.45, 2.75) is 33.1 Å². The lowest BCUT2D eigenvalue weighted by Crippen LogP contribution is -1.88. The number of aromatic amines is 1. The summed E-state index contributed by atoms with van der Waals surface area (Å²) in [5.74, 6) is 0.570. The first kappa shape index (κ1) is 9.32. The minimum Gasteiger partial charge on any atom is -0.361 e. The molecule has 0 radical (unpaired) electrons. The molecule has 0 aliphatic rings. The zero-order chi connectivity index (χ0) is 10.1. The fraction of sp³-hybridized carbons (Fsp3) is 0.385. The van der Waals surface area contributed by atoms with E-state index in [-0.39, 0.29) is 0 Å². The fourth-order valence-electron chi connectivity index (χ4n) is 2.01. The third-order valence-electron chi connectivity index (χ3n) is 2.76. The van der Waals surface area contributed by atoms with Crippen LogP contribution in [0.15, 0.2) is 24.3 Å². The van der Waals surface area contributed by atoms with E-state index in [9.17, 15) is 0 Å². The van der Waals surface area contributed by atoms with Crippen molar-refractivity contribution in [3.05, 3.63) is 35.7 Å². The van der Waals surface area contributed by atoms with Gasteiger partial charge in [-0.2, -0.15) is 0 Å². The van der Waals surface area contributed by atoms with Gasteiger partial charge in [-0.25, -0.2) is 0 Å². The van der Waals surface area contributed by atoms with Crippen molar-refractivity contribution in [1.82, 2.24) is 4.98 Å². The maximum Gasteiger partial charge on any atom is 0.0255 e. The van der Waals surface area contributed by atoms with Crippen LogP contribution in [-0.2, 0) is 6.42 Å². The van der Waals surface area contributed by atoms with Crippen LogP contribution >= 0.6 is 0 Å². The van der Waals surface area contributed by atoms with Crippen molar-refractivity contribution in [2.24, 2.45) is 0 Å². The van der Waals surface area contributed by atoms with E-state index in [0.717, 1.165) is 6.42 Å². The highest BCUT2D eigenvalue weighted by Gasteiger charge is 2.10. The number of nitrogens with one attached hydrogen (secondary N) is 1. The van der Waals surface area contributed by atoms with E-state index < -0.39 is 0 Å². The number of fused-ring (bicyclic) bond motifs is 1. The van der Waals surface area contributed by atoms with Gasteiger partial charge in [0.25, 0.3) is 0 Å². The molecule has 1 aromatic heterocycles. The normalized spacial score (nSPS) is 11.4. The van der Waals surface area contributed by atoms with Crippen LogP contribution < -0.4 is 0 Å². The minimum atomic E-state index is 0.570. The van der Waals surface area contributed by atoms with Gasteiger partial charge in [-0.1, -0.05) is 45.0 Å². The Kier molecular flexibility index (Phi) is 2.32. The molecule has 0 bridgehead atoms. The van der Waals surface area contributed by atoms with Crippen molar-refractivity contribution in [2.75, 3.05) is 0 Å². The van der Waals surface area contributed by atoms with Crippen LogP contribution in [0.25, 0.3) is 10.8 Å². The summed E-state index contributed by atoms with van der Waals surface area (Å²) in [6.07, 6.45) is 1.08. The summed E-state index contributed by atoms with van der Waals surface area (Å²) in [5.41, 5.74) is 2.74. The van der Waals surface area contributed by atoms with Gasteiger partial charge >= 0.3 is 0 Å². The predicted molar refractivity (Wildman–Crippen MR) is 61.8 cm³/mol. The number of aromatic nitrogens is 1. The summed E-state index contributed by atoms with van der Waals surface area (Å²) in [6, 6.07) is 8.64. The van der Waals surface area contributed by atoms with Crippen LogP contribution in [0.1, 0.15) is 38.1 Å². The second kappa shape index (κ2) is 3.49. The molecule has 0 atom stereocenters. The van der Waals surface area contributed by atoms with Crippen LogP contribution in [0.5, 0.6) is 0 Å². The van der Waals surface area contributed by atoms with Crippen molar-refractivity contribution < 1.29 is 0 Å². The van der Waals surface area contributed by atoms with Gasteiger partial charge in [0.1, 0.15) is 0 Å². The van der Waals surface area contributed by atoms with Gasteiger partial charge in [-0.15, -0.1) is 0 Å². The van der Waals surface area contributed by atoms with Gasteiger partial charge in [-0.05, 0) is 12.3 Å². The lowest BCUT2D eigenvalue weighted by atomic mass is 10.1. The zero-order valence-corrected chi connectivity index (χ0v) is 9.09. The topological polar surface area (TPSA) is 15.8 Å². The molecule has 0 saturated carbocycles. The van der Waals surface area contributed by atoms with Gasteiger partial charge in [0, 0.05) is 22.2 Å². The van der Waals surface area contributed by atoms with E-state index in [1.807, 2.05) is 0 Å². The van der Waals surface area contributed by atoms with E-state index >= 15 is 0 Å². The summed E-state index contributed by atoms with van der Waals surface area (Å²) in [4.78, 5) is 3.54. The Morgan fingerprint density at radius 1 is 1.14 bits per heavy atom. The first-order valence-electron chi connectivity index (χ1n) is 5.33. The van der Waals surface area contributed by atoms with E-state index in [0.29, 0.717) is 5.92 Å². The Bertz CT molecular complexity index is 437. The molecule has 2 aromatic rings. The van der Waals surface area contributed by atoms with Crippen LogP contribution in [0, 0.1) is 0 Å². The molecule has 14 heavy (non-hydrogen) atoms. The average molecular weight is 187 g/mol. The van der Waals surface area contributed by atoms with Crippen LogP contribution in [0.4, 0.5) is 0 Å². The lowest BCUT2D eigenvalue weighted by molar-refractivity contribution is 0.830. The largest absolute Gasteiger partial charge is 0.361 e. The summed E-state index contributed by atoms with van der Waals surface area (Å²) in [5, 5.41) is 2.78. The van der Waals surface area contributed by atoms with Crippen LogP contribution in [0.3, 0.4) is 0 Å². The van der Waals surface area contributed by atoms with Crippen LogP contribution in [-0.4, -0.2) is 4.98 Å². The molecule has 74 valence electrons. The third-order valence-corrected chi connectivity index (χ3v) is 2.76. The van der Waals surface area contributed by atoms with Gasteiger partial charge < -0.3 is 4.98 Å². The first-order chi connectivity index (χ1) is 6.74. The molecule has 1 nitrogen and oxygen atoms in total. The average Bonchev–Trinajstić information content (AvgIpc) is 2.56. The van der Waals surface area contributed by atoms with E-state index in [4.69, 9.17) is 0 Å². The monoisotopic (exact) mass is 187 g/mol. The molecule has 0 amide bonds. The molecular formula is C13H17N. The first-order valence-corrected chi connectivity index (χ1v) is 5.33. The molecule has 0 spiro atoms. The van der Waals surface area contributed by atoms with Crippen LogP contribution in [0.2, 0.25) is 0 Å². The SMILES string of the molecule is CCc1[nH]c(C(C)C)c2ccccc12. The second-order valence-electron chi connectivity index (χ2n) is 4.07. The second-order valence-corrected chi connectivity index (χ2v) is 4.07. The number of hydrogen-bond donors (Lipinski definition) is 1. The molecular weight excluding hydrogens is 170 g/mol. The van der Waals surface area contributed by atoms with Crippen molar-refractivity contribution in [3.63, 3.8) is 0 Å². The van der Waals surface area contributed by atoms with E-state index in [2.05, 4.69) is 50.0 Å². The highest BCUT2D eigenvalue weighted by Crippen LogP contribution is 2.27. The lowest BCUT2D eigenvalue weighted by Gasteiger charge is -2.01. The highest BCUT2D eigenvalue weighted by atomic mass is 14.7.